The van der Waals surface area contributed by atoms with Crippen LogP contribution in [-0.4, -0.2) is 48.5 Å². The van der Waals surface area contributed by atoms with Crippen LogP contribution in [0.25, 0.3) is 11.1 Å². The van der Waals surface area contributed by atoms with E-state index in [4.69, 9.17) is 14.5 Å². The van der Waals surface area contributed by atoms with Crippen LogP contribution >= 0.6 is 0 Å². The number of carbonyl (C=O) groups is 1. The minimum absolute atomic E-state index is 0.0781. The molecular weight excluding hydrogens is 380 g/mol. The summed E-state index contributed by atoms with van der Waals surface area (Å²) in [5.41, 5.74) is 6.03. The summed E-state index contributed by atoms with van der Waals surface area (Å²) in [6.45, 7) is 1.73. The van der Waals surface area contributed by atoms with Crippen LogP contribution < -0.4 is 9.64 Å². The van der Waals surface area contributed by atoms with Crippen LogP contribution in [0.2, 0.25) is 0 Å². The predicted octanol–water partition coefficient (Wildman–Crippen LogP) is 2.87. The molecule has 7 nitrogen and oxygen atoms in total. The van der Waals surface area contributed by atoms with Gasteiger partial charge in [-0.25, -0.2) is 4.98 Å². The molecule has 0 bridgehead atoms. The van der Waals surface area contributed by atoms with E-state index in [-0.39, 0.29) is 12.5 Å². The van der Waals surface area contributed by atoms with Crippen molar-refractivity contribution >= 4 is 17.4 Å². The third-order valence-electron chi connectivity index (χ3n) is 5.37. The molecule has 0 spiro atoms. The Balaban J connectivity index is 1.52. The zero-order valence-electron chi connectivity index (χ0n) is 16.5. The number of morpholine rings is 1. The highest BCUT2D eigenvalue weighted by atomic mass is 16.5. The maximum Gasteiger partial charge on any atom is 0.254 e. The molecule has 1 amide bonds. The van der Waals surface area contributed by atoms with E-state index in [0.29, 0.717) is 25.5 Å². The van der Waals surface area contributed by atoms with E-state index in [2.05, 4.69) is 28.2 Å². The smallest absolute Gasteiger partial charge is 0.254 e. The Labute approximate surface area is 174 Å². The predicted molar refractivity (Wildman–Crippen MR) is 113 cm³/mol. The molecule has 0 atom stereocenters. The lowest BCUT2D eigenvalue weighted by atomic mass is 9.96. The summed E-state index contributed by atoms with van der Waals surface area (Å²) in [6.07, 6.45) is 5.25. The van der Waals surface area contributed by atoms with Crippen molar-refractivity contribution in [1.82, 2.24) is 9.97 Å². The van der Waals surface area contributed by atoms with Crippen LogP contribution in [0.4, 0.5) is 5.82 Å². The molecule has 0 unspecified atom stereocenters. The highest BCUT2D eigenvalue weighted by molar-refractivity contribution is 6.16. The highest BCUT2D eigenvalue weighted by Gasteiger charge is 2.24. The molecule has 1 aromatic carbocycles. The number of benzene rings is 1. The average Bonchev–Trinajstić information content (AvgIpc) is 3.23. The molecule has 3 aromatic rings. The monoisotopic (exact) mass is 400 g/mol. The highest BCUT2D eigenvalue weighted by Crippen LogP contribution is 2.33. The molecule has 0 N–H and O–H groups in total. The van der Waals surface area contributed by atoms with E-state index in [0.717, 1.165) is 39.3 Å². The fourth-order valence-electron chi connectivity index (χ4n) is 3.85. The molecule has 1 fully saturated rings. The van der Waals surface area contributed by atoms with Crippen molar-refractivity contribution in [2.24, 2.45) is 4.99 Å². The quantitative estimate of drug-likeness (QED) is 0.673. The third kappa shape index (κ3) is 3.23. The summed E-state index contributed by atoms with van der Waals surface area (Å²) in [4.78, 5) is 27.3. The minimum atomic E-state index is -0.0781. The number of aliphatic imine (C=N–C) groups is 1. The minimum Gasteiger partial charge on any atom is -0.496 e. The van der Waals surface area contributed by atoms with Crippen molar-refractivity contribution in [1.29, 1.82) is 0 Å². The summed E-state index contributed by atoms with van der Waals surface area (Å²) in [5.74, 6) is 1.33. The van der Waals surface area contributed by atoms with E-state index < -0.39 is 0 Å². The molecule has 4 heterocycles. The summed E-state index contributed by atoms with van der Waals surface area (Å²) in [5, 5.41) is 0. The molecule has 1 saturated heterocycles. The summed E-state index contributed by atoms with van der Waals surface area (Å²) in [6, 6.07) is 12.0. The van der Waals surface area contributed by atoms with Crippen LogP contribution in [0.1, 0.15) is 16.7 Å². The van der Waals surface area contributed by atoms with Crippen LogP contribution in [0, 0.1) is 0 Å². The normalized spacial score (nSPS) is 15.7. The zero-order chi connectivity index (χ0) is 20.5. The van der Waals surface area contributed by atoms with Gasteiger partial charge in [-0.3, -0.25) is 19.7 Å². The maximum atomic E-state index is 12.2. The maximum absolute atomic E-state index is 12.2. The SMILES string of the molecule is COc1ccncc1-c1ccc2c(c1)C(c1ccnc(N3CCOCC3=O)c1)=NC2. The van der Waals surface area contributed by atoms with Gasteiger partial charge in [0.25, 0.3) is 5.91 Å². The molecule has 0 aliphatic carbocycles. The number of ether oxygens (including phenoxy) is 2. The molecule has 2 aliphatic heterocycles. The second kappa shape index (κ2) is 7.68. The molecule has 0 radical (unpaired) electrons. The summed E-state index contributed by atoms with van der Waals surface area (Å²) < 4.78 is 10.7. The number of amides is 1. The molecule has 0 saturated carbocycles. The number of pyridine rings is 2. The standard InChI is InChI=1S/C23H20N4O3/c1-29-20-5-6-24-13-19(20)15-2-3-17-12-26-23(18(17)10-15)16-4-7-25-21(11-16)27-8-9-30-14-22(27)28/h2-7,10-11,13H,8-9,12,14H2,1H3. The van der Waals surface area contributed by atoms with Crippen molar-refractivity contribution in [2.45, 2.75) is 6.54 Å². The van der Waals surface area contributed by atoms with Gasteiger partial charge < -0.3 is 9.47 Å². The zero-order valence-corrected chi connectivity index (χ0v) is 16.5. The van der Waals surface area contributed by atoms with E-state index >= 15 is 0 Å². The van der Waals surface area contributed by atoms with Crippen LogP contribution in [0.15, 0.2) is 60.0 Å². The van der Waals surface area contributed by atoms with Gasteiger partial charge in [-0.2, -0.15) is 0 Å². The van der Waals surface area contributed by atoms with Crippen molar-refractivity contribution in [3.63, 3.8) is 0 Å². The Hall–Kier alpha value is -3.58. The fourth-order valence-corrected chi connectivity index (χ4v) is 3.85. The van der Waals surface area contributed by atoms with Crippen LogP contribution in [0.3, 0.4) is 0 Å². The van der Waals surface area contributed by atoms with Gasteiger partial charge in [-0.15, -0.1) is 0 Å². The Morgan fingerprint density at radius 1 is 1.07 bits per heavy atom. The van der Waals surface area contributed by atoms with Crippen LogP contribution in [-0.2, 0) is 16.1 Å². The molecule has 30 heavy (non-hydrogen) atoms. The first-order valence-electron chi connectivity index (χ1n) is 9.75. The number of anilines is 1. The number of fused-ring (bicyclic) bond motifs is 1. The average molecular weight is 400 g/mol. The van der Waals surface area contributed by atoms with Crippen molar-refractivity contribution in [3.8, 4) is 16.9 Å². The topological polar surface area (TPSA) is 76.9 Å². The molecule has 150 valence electrons. The van der Waals surface area contributed by atoms with Gasteiger partial charge in [-0.05, 0) is 35.4 Å². The second-order valence-electron chi connectivity index (χ2n) is 7.11. The van der Waals surface area contributed by atoms with Gasteiger partial charge in [0.2, 0.25) is 0 Å². The molecule has 7 heteroatoms. The van der Waals surface area contributed by atoms with E-state index in [1.807, 2.05) is 18.2 Å². The van der Waals surface area contributed by atoms with Crippen LogP contribution in [0.5, 0.6) is 5.75 Å². The Bertz CT molecular complexity index is 1160. The second-order valence-corrected chi connectivity index (χ2v) is 7.11. The Morgan fingerprint density at radius 2 is 2.00 bits per heavy atom. The van der Waals surface area contributed by atoms with Gasteiger partial charge in [-0.1, -0.05) is 12.1 Å². The first-order valence-corrected chi connectivity index (χ1v) is 9.75. The number of hydrogen-bond acceptors (Lipinski definition) is 6. The van der Waals surface area contributed by atoms with Crippen molar-refractivity contribution in [3.05, 3.63) is 71.7 Å². The largest absolute Gasteiger partial charge is 0.496 e. The lowest BCUT2D eigenvalue weighted by molar-refractivity contribution is -0.125. The van der Waals surface area contributed by atoms with E-state index in [1.165, 1.54) is 0 Å². The van der Waals surface area contributed by atoms with Gasteiger partial charge in [0.1, 0.15) is 18.2 Å². The van der Waals surface area contributed by atoms with Gasteiger partial charge in [0.05, 0.1) is 32.5 Å². The number of carbonyl (C=O) groups excluding carboxylic acids is 1. The van der Waals surface area contributed by atoms with Crippen molar-refractivity contribution < 1.29 is 14.3 Å². The van der Waals surface area contributed by atoms with Gasteiger partial charge >= 0.3 is 0 Å². The Kier molecular flexibility index (Phi) is 4.72. The summed E-state index contributed by atoms with van der Waals surface area (Å²) in [7, 11) is 1.66. The molecular formula is C23H20N4O3. The van der Waals surface area contributed by atoms with Gasteiger partial charge in [0, 0.05) is 35.3 Å². The first-order chi connectivity index (χ1) is 14.7. The van der Waals surface area contributed by atoms with Gasteiger partial charge in [0.15, 0.2) is 0 Å². The number of rotatable bonds is 4. The molecule has 2 aromatic heterocycles. The number of nitrogens with zero attached hydrogens (tertiary/aromatic N) is 4. The Morgan fingerprint density at radius 3 is 2.87 bits per heavy atom. The van der Waals surface area contributed by atoms with Crippen molar-refractivity contribution in [2.75, 3.05) is 31.8 Å². The first kappa shape index (κ1) is 18.4. The number of hydrogen-bond donors (Lipinski definition) is 0. The molecule has 2 aliphatic rings. The number of aromatic nitrogens is 2. The summed E-state index contributed by atoms with van der Waals surface area (Å²) >= 11 is 0. The van der Waals surface area contributed by atoms with E-state index in [9.17, 15) is 4.79 Å². The van der Waals surface area contributed by atoms with E-state index in [1.54, 1.807) is 30.6 Å². The number of methoxy groups -OCH3 is 1. The lowest BCUT2D eigenvalue weighted by Gasteiger charge is -2.26. The third-order valence-corrected chi connectivity index (χ3v) is 5.37. The molecule has 5 rings (SSSR count). The lowest BCUT2D eigenvalue weighted by Crippen LogP contribution is -2.42. The fraction of sp³-hybridized carbons (Fsp3) is 0.217.